The number of halogens is 1. The molecule has 132 valence electrons. The maximum Gasteiger partial charge on any atom is 0.273 e. The minimum absolute atomic E-state index is 0.337. The summed E-state index contributed by atoms with van der Waals surface area (Å²) in [4.78, 5) is 28.3. The van der Waals surface area contributed by atoms with E-state index in [1.165, 1.54) is 36.7 Å². The van der Waals surface area contributed by atoms with Crippen molar-refractivity contribution in [2.24, 2.45) is 0 Å². The van der Waals surface area contributed by atoms with E-state index in [9.17, 15) is 14.0 Å². The van der Waals surface area contributed by atoms with Crippen LogP contribution in [0.5, 0.6) is 0 Å². The van der Waals surface area contributed by atoms with Crippen LogP contribution in [-0.4, -0.2) is 26.6 Å². The Labute approximate surface area is 148 Å². The molecule has 0 aliphatic rings. The van der Waals surface area contributed by atoms with Crippen LogP contribution < -0.4 is 10.9 Å². The van der Waals surface area contributed by atoms with Gasteiger partial charge in [0.25, 0.3) is 11.8 Å². The van der Waals surface area contributed by atoms with E-state index < -0.39 is 11.8 Å². The molecule has 2 amide bonds. The summed E-state index contributed by atoms with van der Waals surface area (Å²) >= 11 is 0. The van der Waals surface area contributed by atoms with Crippen molar-refractivity contribution < 1.29 is 14.0 Å². The smallest absolute Gasteiger partial charge is 0.267 e. The number of benzene rings is 1. The SMILES string of the molecule is Cc1nn(-c2ccc(F)cc2)c(C)c1C(=O)NNC(=O)c1ccncc1. The van der Waals surface area contributed by atoms with Crippen LogP contribution in [0.25, 0.3) is 5.69 Å². The predicted octanol–water partition coefficient (Wildman–Crippen LogP) is 2.10. The van der Waals surface area contributed by atoms with E-state index in [-0.39, 0.29) is 5.82 Å². The number of carbonyl (C=O) groups is 2. The molecular weight excluding hydrogens is 337 g/mol. The Morgan fingerprint density at radius 2 is 1.58 bits per heavy atom. The molecule has 0 bridgehead atoms. The second kappa shape index (κ2) is 7.14. The van der Waals surface area contributed by atoms with Gasteiger partial charge in [0.15, 0.2) is 0 Å². The molecular formula is C18H16FN5O2. The standard InChI is InChI=1S/C18H16FN5O2/c1-11-16(12(2)24(23-11)15-5-3-14(19)4-6-15)18(26)22-21-17(25)13-7-9-20-10-8-13/h3-10H,1-2H3,(H,21,25)(H,22,26). The first-order valence-corrected chi connectivity index (χ1v) is 7.80. The van der Waals surface area contributed by atoms with Crippen LogP contribution in [-0.2, 0) is 0 Å². The Kier molecular flexibility index (Phi) is 4.74. The number of amides is 2. The quantitative estimate of drug-likeness (QED) is 0.706. The monoisotopic (exact) mass is 353 g/mol. The van der Waals surface area contributed by atoms with Crippen LogP contribution in [0.1, 0.15) is 32.1 Å². The number of aryl methyl sites for hydroxylation is 1. The first-order valence-electron chi connectivity index (χ1n) is 7.80. The third-order valence-electron chi connectivity index (χ3n) is 3.82. The number of hydrogen-bond acceptors (Lipinski definition) is 4. The molecule has 26 heavy (non-hydrogen) atoms. The van der Waals surface area contributed by atoms with Crippen LogP contribution in [0, 0.1) is 19.7 Å². The van der Waals surface area contributed by atoms with Crippen LogP contribution in [0.4, 0.5) is 4.39 Å². The van der Waals surface area contributed by atoms with Crippen LogP contribution in [0.15, 0.2) is 48.8 Å². The molecule has 1 aromatic carbocycles. The van der Waals surface area contributed by atoms with E-state index in [0.717, 1.165) is 0 Å². The fraction of sp³-hybridized carbons (Fsp3) is 0.111. The van der Waals surface area contributed by atoms with E-state index in [0.29, 0.717) is 28.2 Å². The molecule has 3 rings (SSSR count). The van der Waals surface area contributed by atoms with Gasteiger partial charge >= 0.3 is 0 Å². The number of rotatable bonds is 3. The number of aromatic nitrogens is 3. The normalized spacial score (nSPS) is 10.4. The van der Waals surface area contributed by atoms with Gasteiger partial charge in [-0.2, -0.15) is 5.10 Å². The van der Waals surface area contributed by atoms with Gasteiger partial charge in [0, 0.05) is 18.0 Å². The fourth-order valence-corrected chi connectivity index (χ4v) is 2.56. The van der Waals surface area contributed by atoms with Gasteiger partial charge in [-0.05, 0) is 50.2 Å². The van der Waals surface area contributed by atoms with Crippen LogP contribution >= 0.6 is 0 Å². The summed E-state index contributed by atoms with van der Waals surface area (Å²) in [6.07, 6.45) is 2.97. The number of nitrogens with one attached hydrogen (secondary N) is 2. The van der Waals surface area contributed by atoms with Gasteiger partial charge in [0.1, 0.15) is 5.82 Å². The molecule has 2 aromatic heterocycles. The van der Waals surface area contributed by atoms with E-state index >= 15 is 0 Å². The molecule has 0 aliphatic carbocycles. The highest BCUT2D eigenvalue weighted by Gasteiger charge is 2.20. The molecule has 0 saturated carbocycles. The number of hydrazine groups is 1. The molecule has 0 unspecified atom stereocenters. The molecule has 7 nitrogen and oxygen atoms in total. The second-order valence-corrected chi connectivity index (χ2v) is 5.58. The van der Waals surface area contributed by atoms with Gasteiger partial charge in [-0.3, -0.25) is 25.4 Å². The average molecular weight is 353 g/mol. The minimum Gasteiger partial charge on any atom is -0.267 e. The molecule has 0 aliphatic heterocycles. The summed E-state index contributed by atoms with van der Waals surface area (Å²) in [6.45, 7) is 3.41. The van der Waals surface area contributed by atoms with Crippen molar-refractivity contribution in [1.82, 2.24) is 25.6 Å². The highest BCUT2D eigenvalue weighted by Crippen LogP contribution is 2.18. The van der Waals surface area contributed by atoms with Crippen LogP contribution in [0.2, 0.25) is 0 Å². The molecule has 2 heterocycles. The molecule has 2 N–H and O–H groups in total. The highest BCUT2D eigenvalue weighted by molar-refractivity contribution is 6.00. The van der Waals surface area contributed by atoms with Gasteiger partial charge in [-0.25, -0.2) is 9.07 Å². The zero-order valence-electron chi connectivity index (χ0n) is 14.2. The van der Waals surface area contributed by atoms with Crippen molar-refractivity contribution in [2.45, 2.75) is 13.8 Å². The summed E-state index contributed by atoms with van der Waals surface area (Å²) in [6, 6.07) is 8.85. The van der Waals surface area contributed by atoms with Crippen molar-refractivity contribution >= 4 is 11.8 Å². The van der Waals surface area contributed by atoms with Gasteiger partial charge in [-0.15, -0.1) is 0 Å². The zero-order valence-corrected chi connectivity index (χ0v) is 14.2. The van der Waals surface area contributed by atoms with Crippen molar-refractivity contribution in [3.05, 3.63) is 77.1 Å². The minimum atomic E-state index is -0.490. The third kappa shape index (κ3) is 3.44. The van der Waals surface area contributed by atoms with Gasteiger partial charge < -0.3 is 0 Å². The maximum atomic E-state index is 13.1. The van der Waals surface area contributed by atoms with Gasteiger partial charge in [0.05, 0.1) is 22.6 Å². The van der Waals surface area contributed by atoms with E-state index in [2.05, 4.69) is 20.9 Å². The summed E-state index contributed by atoms with van der Waals surface area (Å²) < 4.78 is 14.6. The van der Waals surface area contributed by atoms with Crippen molar-refractivity contribution in [2.75, 3.05) is 0 Å². The Balaban J connectivity index is 1.77. The molecule has 3 aromatic rings. The van der Waals surface area contributed by atoms with Crippen LogP contribution in [0.3, 0.4) is 0 Å². The van der Waals surface area contributed by atoms with Gasteiger partial charge in [0.2, 0.25) is 0 Å². The lowest BCUT2D eigenvalue weighted by atomic mass is 10.2. The lowest BCUT2D eigenvalue weighted by Crippen LogP contribution is -2.42. The first-order chi connectivity index (χ1) is 12.5. The second-order valence-electron chi connectivity index (χ2n) is 5.58. The number of pyridine rings is 1. The summed E-state index contributed by atoms with van der Waals surface area (Å²) in [7, 11) is 0. The lowest BCUT2D eigenvalue weighted by molar-refractivity contribution is 0.0846. The lowest BCUT2D eigenvalue weighted by Gasteiger charge is -2.08. The molecule has 0 saturated heterocycles. The number of hydrogen-bond donors (Lipinski definition) is 2. The summed E-state index contributed by atoms with van der Waals surface area (Å²) in [5.74, 6) is -1.30. The summed E-state index contributed by atoms with van der Waals surface area (Å²) in [5, 5.41) is 4.33. The zero-order chi connectivity index (χ0) is 18.7. The molecule has 0 radical (unpaired) electrons. The fourth-order valence-electron chi connectivity index (χ4n) is 2.56. The highest BCUT2D eigenvalue weighted by atomic mass is 19.1. The molecule has 8 heteroatoms. The maximum absolute atomic E-state index is 13.1. The topological polar surface area (TPSA) is 88.9 Å². The van der Waals surface area contributed by atoms with Crippen molar-refractivity contribution in [3.63, 3.8) is 0 Å². The average Bonchev–Trinajstić information content (AvgIpc) is 2.95. The number of carbonyl (C=O) groups excluding carboxylic acids is 2. The summed E-state index contributed by atoms with van der Waals surface area (Å²) in [5.41, 5.74) is 7.14. The third-order valence-corrected chi connectivity index (χ3v) is 3.82. The largest absolute Gasteiger partial charge is 0.273 e. The number of nitrogens with zero attached hydrogens (tertiary/aromatic N) is 3. The Bertz CT molecular complexity index is 952. The van der Waals surface area contributed by atoms with E-state index in [1.807, 2.05) is 0 Å². The molecule has 0 spiro atoms. The Morgan fingerprint density at radius 3 is 2.23 bits per heavy atom. The first kappa shape index (κ1) is 17.3. The van der Waals surface area contributed by atoms with Crippen molar-refractivity contribution in [1.29, 1.82) is 0 Å². The van der Waals surface area contributed by atoms with E-state index in [4.69, 9.17) is 0 Å². The van der Waals surface area contributed by atoms with Gasteiger partial charge in [-0.1, -0.05) is 0 Å². The Morgan fingerprint density at radius 1 is 0.962 bits per heavy atom. The molecule has 0 fully saturated rings. The Hall–Kier alpha value is -3.55. The predicted molar refractivity (Wildman–Crippen MR) is 92.2 cm³/mol. The van der Waals surface area contributed by atoms with Crippen molar-refractivity contribution in [3.8, 4) is 5.69 Å². The van der Waals surface area contributed by atoms with E-state index in [1.54, 1.807) is 30.7 Å². The molecule has 0 atom stereocenters.